The van der Waals surface area contributed by atoms with Crippen LogP contribution >= 0.6 is 0 Å². The van der Waals surface area contributed by atoms with Gasteiger partial charge in [-0.05, 0) is 35.0 Å². The van der Waals surface area contributed by atoms with E-state index in [1.165, 1.54) is 20.3 Å². The van der Waals surface area contributed by atoms with E-state index < -0.39 is 5.97 Å². The Labute approximate surface area is 144 Å². The smallest absolute Gasteiger partial charge is 0.343 e. The highest BCUT2D eigenvalue weighted by molar-refractivity contribution is 6.02. The molecule has 0 saturated heterocycles. The van der Waals surface area contributed by atoms with E-state index in [9.17, 15) is 9.59 Å². The van der Waals surface area contributed by atoms with Crippen molar-refractivity contribution in [2.45, 2.75) is 0 Å². The summed E-state index contributed by atoms with van der Waals surface area (Å²) >= 11 is 0. The minimum Gasteiger partial charge on any atom is -0.493 e. The molecule has 0 amide bonds. The molecule has 0 saturated carbocycles. The van der Waals surface area contributed by atoms with Crippen molar-refractivity contribution >= 4 is 23.0 Å². The number of methoxy groups -OCH3 is 2. The first-order valence-electron chi connectivity index (χ1n) is 7.59. The van der Waals surface area contributed by atoms with Crippen molar-refractivity contribution in [2.24, 2.45) is 0 Å². The van der Waals surface area contributed by atoms with Gasteiger partial charge in [0.1, 0.15) is 5.75 Å². The van der Waals surface area contributed by atoms with Crippen molar-refractivity contribution in [1.29, 1.82) is 0 Å². The van der Waals surface area contributed by atoms with Crippen LogP contribution in [0.2, 0.25) is 0 Å². The zero-order chi connectivity index (χ0) is 17.8. The number of carbonyl (C=O) groups is 2. The van der Waals surface area contributed by atoms with Gasteiger partial charge in [0.15, 0.2) is 17.8 Å². The summed E-state index contributed by atoms with van der Waals surface area (Å²) < 4.78 is 15.8. The summed E-state index contributed by atoms with van der Waals surface area (Å²) in [4.78, 5) is 24.0. The van der Waals surface area contributed by atoms with Crippen LogP contribution in [0.15, 0.2) is 54.6 Å². The first-order valence-corrected chi connectivity index (χ1v) is 7.59. The van der Waals surface area contributed by atoms with Crippen molar-refractivity contribution < 1.29 is 23.8 Å². The van der Waals surface area contributed by atoms with Gasteiger partial charge in [-0.15, -0.1) is 0 Å². The van der Waals surface area contributed by atoms with E-state index in [1.807, 2.05) is 24.3 Å². The Kier molecular flexibility index (Phi) is 4.66. The maximum absolute atomic E-state index is 12.5. The number of hydrogen-bond donors (Lipinski definition) is 0. The number of aldehydes is 1. The number of ether oxygens (including phenoxy) is 3. The van der Waals surface area contributed by atoms with Crippen LogP contribution in [0, 0.1) is 0 Å². The lowest BCUT2D eigenvalue weighted by Crippen LogP contribution is -2.10. The lowest BCUT2D eigenvalue weighted by Gasteiger charge is -2.11. The highest BCUT2D eigenvalue weighted by Crippen LogP contribution is 2.30. The minimum atomic E-state index is -0.584. The van der Waals surface area contributed by atoms with Gasteiger partial charge in [0, 0.05) is 0 Å². The molecule has 0 aliphatic rings. The van der Waals surface area contributed by atoms with Gasteiger partial charge < -0.3 is 14.2 Å². The number of rotatable bonds is 5. The summed E-state index contributed by atoms with van der Waals surface area (Å²) in [6.45, 7) is 0. The maximum atomic E-state index is 12.5. The van der Waals surface area contributed by atoms with Gasteiger partial charge in [0.2, 0.25) is 0 Å². The standard InChI is InChI=1S/C20H16O5/c1-23-18-10-8-14(11-19(18)24-2)20(22)25-17-9-7-13-5-3-4-6-15(13)16(17)12-21/h3-12H,1-2H3. The van der Waals surface area contributed by atoms with Crippen LogP contribution in [0.3, 0.4) is 0 Å². The molecule has 0 aromatic heterocycles. The van der Waals surface area contributed by atoms with E-state index in [1.54, 1.807) is 24.3 Å². The van der Waals surface area contributed by atoms with E-state index in [2.05, 4.69) is 0 Å². The summed E-state index contributed by atoms with van der Waals surface area (Å²) in [6, 6.07) is 15.6. The fourth-order valence-electron chi connectivity index (χ4n) is 2.61. The number of hydrogen-bond acceptors (Lipinski definition) is 5. The van der Waals surface area contributed by atoms with Crippen LogP contribution < -0.4 is 14.2 Å². The topological polar surface area (TPSA) is 61.8 Å². The number of carbonyl (C=O) groups excluding carboxylic acids is 2. The quantitative estimate of drug-likeness (QED) is 0.402. The third-order valence-electron chi connectivity index (χ3n) is 3.87. The molecule has 0 aliphatic heterocycles. The molecule has 0 aliphatic carbocycles. The van der Waals surface area contributed by atoms with Crippen LogP contribution in [0.1, 0.15) is 20.7 Å². The molecule has 25 heavy (non-hydrogen) atoms. The van der Waals surface area contributed by atoms with Gasteiger partial charge >= 0.3 is 5.97 Å². The first kappa shape index (κ1) is 16.5. The van der Waals surface area contributed by atoms with Gasteiger partial charge in [-0.25, -0.2) is 4.79 Å². The Morgan fingerprint density at radius 2 is 1.60 bits per heavy atom. The predicted molar refractivity (Wildman–Crippen MR) is 93.8 cm³/mol. The largest absolute Gasteiger partial charge is 0.493 e. The van der Waals surface area contributed by atoms with Crippen LogP contribution in [0.5, 0.6) is 17.2 Å². The second-order valence-electron chi connectivity index (χ2n) is 5.28. The number of fused-ring (bicyclic) bond motifs is 1. The summed E-state index contributed by atoms with van der Waals surface area (Å²) in [6.07, 6.45) is 0.694. The molecule has 0 N–H and O–H groups in total. The van der Waals surface area contributed by atoms with E-state index in [4.69, 9.17) is 14.2 Å². The lowest BCUT2D eigenvalue weighted by atomic mass is 10.0. The van der Waals surface area contributed by atoms with Crippen molar-refractivity contribution in [3.63, 3.8) is 0 Å². The molecule has 0 radical (unpaired) electrons. The number of benzene rings is 3. The second kappa shape index (κ2) is 7.05. The molecular weight excluding hydrogens is 320 g/mol. The minimum absolute atomic E-state index is 0.216. The van der Waals surface area contributed by atoms with E-state index in [-0.39, 0.29) is 5.75 Å². The highest BCUT2D eigenvalue weighted by atomic mass is 16.5. The van der Waals surface area contributed by atoms with Crippen molar-refractivity contribution in [3.8, 4) is 17.2 Å². The van der Waals surface area contributed by atoms with E-state index >= 15 is 0 Å². The van der Waals surface area contributed by atoms with Crippen LogP contribution in [-0.2, 0) is 0 Å². The molecule has 3 rings (SSSR count). The second-order valence-corrected chi connectivity index (χ2v) is 5.28. The molecule has 3 aromatic rings. The normalized spacial score (nSPS) is 10.3. The molecule has 0 fully saturated rings. The van der Waals surface area contributed by atoms with Gasteiger partial charge in [-0.2, -0.15) is 0 Å². The molecule has 3 aromatic carbocycles. The van der Waals surface area contributed by atoms with Crippen LogP contribution in [0.4, 0.5) is 0 Å². The average molecular weight is 336 g/mol. The SMILES string of the molecule is COc1ccc(C(=O)Oc2ccc3ccccc3c2C=O)cc1OC. The average Bonchev–Trinajstić information content (AvgIpc) is 2.67. The van der Waals surface area contributed by atoms with Crippen molar-refractivity contribution in [3.05, 3.63) is 65.7 Å². The van der Waals surface area contributed by atoms with E-state index in [0.29, 0.717) is 28.9 Å². The van der Waals surface area contributed by atoms with Crippen LogP contribution in [-0.4, -0.2) is 26.5 Å². The molecular formula is C20H16O5. The van der Waals surface area contributed by atoms with Crippen LogP contribution in [0.25, 0.3) is 10.8 Å². The third-order valence-corrected chi connectivity index (χ3v) is 3.87. The number of esters is 1. The molecule has 126 valence electrons. The summed E-state index contributed by atoms with van der Waals surface area (Å²) in [7, 11) is 3.00. The highest BCUT2D eigenvalue weighted by Gasteiger charge is 2.16. The monoisotopic (exact) mass is 336 g/mol. The van der Waals surface area contributed by atoms with E-state index in [0.717, 1.165) is 10.8 Å². The van der Waals surface area contributed by atoms with Crippen molar-refractivity contribution in [1.82, 2.24) is 0 Å². The Morgan fingerprint density at radius 3 is 2.32 bits per heavy atom. The predicted octanol–water partition coefficient (Wildman–Crippen LogP) is 3.89. The Balaban J connectivity index is 1.96. The van der Waals surface area contributed by atoms with Gasteiger partial charge in [-0.3, -0.25) is 4.79 Å². The van der Waals surface area contributed by atoms with Gasteiger partial charge in [-0.1, -0.05) is 30.3 Å². The van der Waals surface area contributed by atoms with Crippen molar-refractivity contribution in [2.75, 3.05) is 14.2 Å². The Morgan fingerprint density at radius 1 is 0.880 bits per heavy atom. The summed E-state index contributed by atoms with van der Waals surface area (Å²) in [5.41, 5.74) is 0.634. The molecule has 0 heterocycles. The zero-order valence-electron chi connectivity index (χ0n) is 13.8. The third kappa shape index (κ3) is 3.17. The summed E-state index contributed by atoms with van der Waals surface area (Å²) in [5, 5.41) is 1.63. The Hall–Kier alpha value is -3.34. The molecule has 0 spiro atoms. The molecule has 0 bridgehead atoms. The molecule has 5 nitrogen and oxygen atoms in total. The molecule has 5 heteroatoms. The first-order chi connectivity index (χ1) is 12.2. The fourth-order valence-corrected chi connectivity index (χ4v) is 2.61. The summed E-state index contributed by atoms with van der Waals surface area (Å²) in [5.74, 6) is 0.567. The van der Waals surface area contributed by atoms with Gasteiger partial charge in [0.25, 0.3) is 0 Å². The zero-order valence-corrected chi connectivity index (χ0v) is 13.8. The molecule has 0 atom stereocenters. The fraction of sp³-hybridized carbons (Fsp3) is 0.100. The van der Waals surface area contributed by atoms with Gasteiger partial charge in [0.05, 0.1) is 25.3 Å². The molecule has 0 unspecified atom stereocenters. The Bertz CT molecular complexity index is 946. The maximum Gasteiger partial charge on any atom is 0.343 e. The lowest BCUT2D eigenvalue weighted by molar-refractivity contribution is 0.0733.